The van der Waals surface area contributed by atoms with Crippen LogP contribution < -0.4 is 10.1 Å². The van der Waals surface area contributed by atoms with Crippen molar-refractivity contribution in [1.29, 1.82) is 0 Å². The molecule has 0 saturated heterocycles. The summed E-state index contributed by atoms with van der Waals surface area (Å²) in [6.45, 7) is 1.84. The van der Waals surface area contributed by atoms with Crippen molar-refractivity contribution in [2.24, 2.45) is 5.92 Å². The number of amides is 1. The Morgan fingerprint density at radius 1 is 1.41 bits per heavy atom. The third-order valence-electron chi connectivity index (χ3n) is 4.71. The lowest BCUT2D eigenvalue weighted by molar-refractivity contribution is -0.138. The topological polar surface area (TPSA) is 75.6 Å². The van der Waals surface area contributed by atoms with Gasteiger partial charge in [0.1, 0.15) is 5.75 Å². The molecule has 2 aliphatic rings. The van der Waals surface area contributed by atoms with E-state index in [0.29, 0.717) is 23.4 Å². The smallest absolute Gasteiger partial charge is 0.310 e. The van der Waals surface area contributed by atoms with E-state index in [2.05, 4.69) is 5.32 Å². The van der Waals surface area contributed by atoms with Gasteiger partial charge in [0.15, 0.2) is 6.10 Å². The molecule has 1 aromatic rings. The highest BCUT2D eigenvalue weighted by Gasteiger charge is 2.36. The molecule has 1 aliphatic carbocycles. The van der Waals surface area contributed by atoms with E-state index in [4.69, 9.17) is 4.74 Å². The highest BCUT2D eigenvalue weighted by molar-refractivity contribution is 5.98. The van der Waals surface area contributed by atoms with Crippen LogP contribution in [0.15, 0.2) is 18.2 Å². The average molecular weight is 303 g/mol. The SMILES string of the molecule is CCC(C(=O)O)c1ccc2c(c1)NC(=O)C(C1CCCC1)O2. The predicted molar refractivity (Wildman–Crippen MR) is 82.1 cm³/mol. The van der Waals surface area contributed by atoms with Crippen LogP contribution in [-0.4, -0.2) is 23.1 Å². The molecule has 0 aromatic heterocycles. The molecule has 1 heterocycles. The molecule has 118 valence electrons. The van der Waals surface area contributed by atoms with Crippen LogP contribution in [0.4, 0.5) is 5.69 Å². The van der Waals surface area contributed by atoms with Crippen molar-refractivity contribution in [3.05, 3.63) is 23.8 Å². The minimum atomic E-state index is -0.852. The first kappa shape index (κ1) is 14.9. The Kier molecular flexibility index (Phi) is 4.05. The van der Waals surface area contributed by atoms with Crippen LogP contribution in [0.2, 0.25) is 0 Å². The molecule has 2 atom stereocenters. The van der Waals surface area contributed by atoms with Crippen LogP contribution in [0.1, 0.15) is 50.5 Å². The molecule has 1 fully saturated rings. The fraction of sp³-hybridized carbons (Fsp3) is 0.529. The van der Waals surface area contributed by atoms with Crippen LogP contribution in [-0.2, 0) is 9.59 Å². The number of carbonyl (C=O) groups is 2. The van der Waals surface area contributed by atoms with Crippen molar-refractivity contribution in [1.82, 2.24) is 0 Å². The van der Waals surface area contributed by atoms with Gasteiger partial charge in [-0.25, -0.2) is 0 Å². The van der Waals surface area contributed by atoms with Crippen molar-refractivity contribution in [3.8, 4) is 5.75 Å². The summed E-state index contributed by atoms with van der Waals surface area (Å²) in [7, 11) is 0. The van der Waals surface area contributed by atoms with E-state index in [-0.39, 0.29) is 11.8 Å². The maximum Gasteiger partial charge on any atom is 0.310 e. The molecular formula is C17H21NO4. The van der Waals surface area contributed by atoms with Gasteiger partial charge in [-0.1, -0.05) is 25.8 Å². The molecular weight excluding hydrogens is 282 g/mol. The van der Waals surface area contributed by atoms with E-state index < -0.39 is 18.0 Å². The van der Waals surface area contributed by atoms with E-state index in [1.807, 2.05) is 6.92 Å². The van der Waals surface area contributed by atoms with E-state index in [1.54, 1.807) is 18.2 Å². The fourth-order valence-electron chi connectivity index (χ4n) is 3.48. The third kappa shape index (κ3) is 2.67. The molecule has 1 aliphatic heterocycles. The van der Waals surface area contributed by atoms with Crippen molar-refractivity contribution >= 4 is 17.6 Å². The number of carboxylic acid groups (broad SMARTS) is 1. The number of benzene rings is 1. The Labute approximate surface area is 129 Å². The van der Waals surface area contributed by atoms with Crippen molar-refractivity contribution in [2.45, 2.75) is 51.0 Å². The average Bonchev–Trinajstić information content (AvgIpc) is 3.00. The van der Waals surface area contributed by atoms with Crippen LogP contribution in [0.5, 0.6) is 5.75 Å². The molecule has 5 nitrogen and oxygen atoms in total. The molecule has 0 spiro atoms. The normalized spacial score (nSPS) is 22.6. The van der Waals surface area contributed by atoms with Gasteiger partial charge in [-0.05, 0) is 37.0 Å². The highest BCUT2D eigenvalue weighted by Crippen LogP contribution is 2.38. The predicted octanol–water partition coefficient (Wildman–Crippen LogP) is 3.15. The standard InChI is InChI=1S/C17H21NO4/c1-2-12(17(20)21)11-7-8-14-13(9-11)18-16(19)15(22-14)10-5-3-4-6-10/h7-10,12,15H,2-6H2,1H3,(H,18,19)(H,20,21). The Bertz CT molecular complexity index is 592. The Hall–Kier alpha value is -2.04. The lowest BCUT2D eigenvalue weighted by atomic mass is 9.94. The number of hydrogen-bond donors (Lipinski definition) is 2. The van der Waals surface area contributed by atoms with Gasteiger partial charge in [0.25, 0.3) is 5.91 Å². The van der Waals surface area contributed by atoms with Gasteiger partial charge in [-0.3, -0.25) is 9.59 Å². The molecule has 5 heteroatoms. The zero-order chi connectivity index (χ0) is 15.7. The summed E-state index contributed by atoms with van der Waals surface area (Å²) >= 11 is 0. The maximum atomic E-state index is 12.3. The van der Waals surface area contributed by atoms with E-state index in [1.165, 1.54) is 0 Å². The lowest BCUT2D eigenvalue weighted by Gasteiger charge is -2.30. The Morgan fingerprint density at radius 3 is 2.77 bits per heavy atom. The molecule has 2 unspecified atom stereocenters. The van der Waals surface area contributed by atoms with Gasteiger partial charge in [-0.2, -0.15) is 0 Å². The zero-order valence-electron chi connectivity index (χ0n) is 12.7. The minimum absolute atomic E-state index is 0.111. The van der Waals surface area contributed by atoms with Crippen molar-refractivity contribution in [2.75, 3.05) is 5.32 Å². The number of fused-ring (bicyclic) bond motifs is 1. The van der Waals surface area contributed by atoms with Gasteiger partial charge in [0.05, 0.1) is 11.6 Å². The van der Waals surface area contributed by atoms with Crippen molar-refractivity contribution < 1.29 is 19.4 Å². The lowest BCUT2D eigenvalue weighted by Crippen LogP contribution is -2.41. The van der Waals surface area contributed by atoms with E-state index >= 15 is 0 Å². The minimum Gasteiger partial charge on any atom is -0.481 e. The number of carboxylic acids is 1. The second-order valence-electron chi connectivity index (χ2n) is 6.13. The highest BCUT2D eigenvalue weighted by atomic mass is 16.5. The largest absolute Gasteiger partial charge is 0.481 e. The Morgan fingerprint density at radius 2 is 2.14 bits per heavy atom. The van der Waals surface area contributed by atoms with E-state index in [0.717, 1.165) is 25.7 Å². The summed E-state index contributed by atoms with van der Waals surface area (Å²) in [4.78, 5) is 23.5. The molecule has 0 bridgehead atoms. The number of carbonyl (C=O) groups excluding carboxylic acids is 1. The molecule has 3 rings (SSSR count). The number of ether oxygens (including phenoxy) is 1. The summed E-state index contributed by atoms with van der Waals surface area (Å²) in [5.41, 5.74) is 1.27. The second-order valence-corrected chi connectivity index (χ2v) is 6.13. The fourth-order valence-corrected chi connectivity index (χ4v) is 3.48. The summed E-state index contributed by atoms with van der Waals surface area (Å²) in [6.07, 6.45) is 4.46. The van der Waals surface area contributed by atoms with Crippen molar-refractivity contribution in [3.63, 3.8) is 0 Å². The van der Waals surface area contributed by atoms with Crippen LogP contribution in [0, 0.1) is 5.92 Å². The van der Waals surface area contributed by atoms with Gasteiger partial charge in [0, 0.05) is 5.92 Å². The van der Waals surface area contributed by atoms with Crippen LogP contribution in [0.3, 0.4) is 0 Å². The summed E-state index contributed by atoms with van der Waals surface area (Å²) in [5, 5.41) is 12.1. The molecule has 22 heavy (non-hydrogen) atoms. The summed E-state index contributed by atoms with van der Waals surface area (Å²) in [5.74, 6) is -0.597. The number of anilines is 1. The first-order valence-corrected chi connectivity index (χ1v) is 7.94. The maximum absolute atomic E-state index is 12.3. The van der Waals surface area contributed by atoms with E-state index in [9.17, 15) is 14.7 Å². The summed E-state index contributed by atoms with van der Waals surface area (Å²) in [6, 6.07) is 5.28. The number of rotatable bonds is 4. The van der Waals surface area contributed by atoms with Crippen LogP contribution in [0.25, 0.3) is 0 Å². The van der Waals surface area contributed by atoms with Gasteiger partial charge in [-0.15, -0.1) is 0 Å². The third-order valence-corrected chi connectivity index (χ3v) is 4.71. The van der Waals surface area contributed by atoms with Gasteiger partial charge < -0.3 is 15.2 Å². The zero-order valence-corrected chi connectivity index (χ0v) is 12.7. The summed E-state index contributed by atoms with van der Waals surface area (Å²) < 4.78 is 5.90. The molecule has 1 amide bonds. The second kappa shape index (κ2) is 5.99. The van der Waals surface area contributed by atoms with Crippen LogP contribution >= 0.6 is 0 Å². The number of nitrogens with one attached hydrogen (secondary N) is 1. The number of hydrogen-bond acceptors (Lipinski definition) is 3. The molecule has 1 saturated carbocycles. The molecule has 1 aromatic carbocycles. The monoisotopic (exact) mass is 303 g/mol. The number of aliphatic carboxylic acids is 1. The quantitative estimate of drug-likeness (QED) is 0.896. The van der Waals surface area contributed by atoms with Gasteiger partial charge >= 0.3 is 5.97 Å². The molecule has 2 N–H and O–H groups in total. The first-order chi connectivity index (χ1) is 10.6. The Balaban J connectivity index is 1.84. The molecule has 0 radical (unpaired) electrons. The van der Waals surface area contributed by atoms with Gasteiger partial charge in [0.2, 0.25) is 0 Å². The first-order valence-electron chi connectivity index (χ1n) is 7.94.